The van der Waals surface area contributed by atoms with Crippen LogP contribution < -0.4 is 10.1 Å². The summed E-state index contributed by atoms with van der Waals surface area (Å²) in [4.78, 5) is 15.7. The van der Waals surface area contributed by atoms with Crippen LogP contribution in [0.4, 0.5) is 10.1 Å². The number of carbonyl (C=O) groups is 1. The van der Waals surface area contributed by atoms with Gasteiger partial charge in [0.1, 0.15) is 6.61 Å². The maximum absolute atomic E-state index is 13.9. The summed E-state index contributed by atoms with van der Waals surface area (Å²) in [6.45, 7) is 0.213. The van der Waals surface area contributed by atoms with E-state index < -0.39 is 5.82 Å². The van der Waals surface area contributed by atoms with Crippen molar-refractivity contribution in [3.63, 3.8) is 0 Å². The average Bonchev–Trinajstić information content (AvgIpc) is 3.27. The number of halogens is 1. The molecule has 1 aromatic heterocycles. The molecule has 0 radical (unpaired) electrons. The summed E-state index contributed by atoms with van der Waals surface area (Å²) in [6, 6.07) is 10.7. The van der Waals surface area contributed by atoms with Crippen LogP contribution >= 0.6 is 0 Å². The first-order chi connectivity index (χ1) is 12.7. The molecule has 0 fully saturated rings. The third-order valence-corrected chi connectivity index (χ3v) is 5.03. The maximum Gasteiger partial charge on any atom is 0.337 e. The Kier molecular flexibility index (Phi) is 3.09. The number of rotatable bonds is 2. The van der Waals surface area contributed by atoms with Crippen LogP contribution in [-0.2, 0) is 9.53 Å². The van der Waals surface area contributed by atoms with E-state index in [0.29, 0.717) is 5.57 Å². The van der Waals surface area contributed by atoms with Crippen molar-refractivity contribution in [3.05, 3.63) is 70.8 Å². The van der Waals surface area contributed by atoms with Gasteiger partial charge in [-0.15, -0.1) is 0 Å². The van der Waals surface area contributed by atoms with Gasteiger partial charge in [0, 0.05) is 23.4 Å². The van der Waals surface area contributed by atoms with Crippen LogP contribution in [0.1, 0.15) is 17.0 Å². The molecule has 2 aromatic carbocycles. The minimum Gasteiger partial charge on any atom is -0.494 e. The Hall–Kier alpha value is -3.28. The highest BCUT2D eigenvalue weighted by Gasteiger charge is 2.39. The first-order valence-electron chi connectivity index (χ1n) is 8.28. The van der Waals surface area contributed by atoms with Crippen molar-refractivity contribution in [2.24, 2.45) is 0 Å². The average molecular weight is 350 g/mol. The Morgan fingerprint density at radius 3 is 2.96 bits per heavy atom. The van der Waals surface area contributed by atoms with E-state index in [9.17, 15) is 9.18 Å². The SMILES string of the molecule is COc1cc(C2C3=C(COC3=O)Nc3ccc4cc[nH]c4c32)ccc1F. The summed E-state index contributed by atoms with van der Waals surface area (Å²) in [5.41, 5.74) is 4.88. The molecule has 2 N–H and O–H groups in total. The first kappa shape index (κ1) is 15.0. The van der Waals surface area contributed by atoms with E-state index in [1.165, 1.54) is 13.2 Å². The van der Waals surface area contributed by atoms with Gasteiger partial charge in [-0.1, -0.05) is 12.1 Å². The molecule has 0 bridgehead atoms. The minimum atomic E-state index is -0.438. The lowest BCUT2D eigenvalue weighted by molar-refractivity contribution is -0.136. The molecule has 0 spiro atoms. The summed E-state index contributed by atoms with van der Waals surface area (Å²) in [6.07, 6.45) is 1.87. The Morgan fingerprint density at radius 1 is 1.23 bits per heavy atom. The van der Waals surface area contributed by atoms with Crippen molar-refractivity contribution in [1.82, 2.24) is 4.98 Å². The van der Waals surface area contributed by atoms with Crippen LogP contribution in [0, 0.1) is 5.82 Å². The fourth-order valence-corrected chi connectivity index (χ4v) is 3.87. The van der Waals surface area contributed by atoms with Gasteiger partial charge in [-0.3, -0.25) is 0 Å². The molecular weight excluding hydrogens is 335 g/mol. The Labute approximate surface area is 148 Å². The smallest absolute Gasteiger partial charge is 0.337 e. The minimum absolute atomic E-state index is 0.148. The molecule has 0 saturated heterocycles. The standard InChI is InChI=1S/C20H15FN2O3/c1-25-15-8-11(2-4-12(15)21)16-17-13(5-3-10-6-7-22-19(10)17)23-14-9-26-20(24)18(14)16/h2-8,16,22-23H,9H2,1H3. The zero-order valence-electron chi connectivity index (χ0n) is 13.9. The molecular formula is C20H15FN2O3. The van der Waals surface area contributed by atoms with E-state index in [-0.39, 0.29) is 24.2 Å². The normalized spacial score (nSPS) is 18.4. The quantitative estimate of drug-likeness (QED) is 0.692. The fraction of sp³-hybridized carbons (Fsp3) is 0.150. The lowest BCUT2D eigenvalue weighted by Crippen LogP contribution is -2.20. The second-order valence-electron chi connectivity index (χ2n) is 6.39. The number of aromatic amines is 1. The highest BCUT2D eigenvalue weighted by molar-refractivity contribution is 6.00. The molecule has 3 heterocycles. The van der Waals surface area contributed by atoms with Crippen molar-refractivity contribution in [3.8, 4) is 5.75 Å². The number of benzene rings is 2. The molecule has 6 heteroatoms. The highest BCUT2D eigenvalue weighted by Crippen LogP contribution is 2.47. The molecule has 0 aliphatic carbocycles. The van der Waals surface area contributed by atoms with E-state index >= 15 is 0 Å². The van der Waals surface area contributed by atoms with Crippen molar-refractivity contribution >= 4 is 22.6 Å². The number of anilines is 1. The number of nitrogens with one attached hydrogen (secondary N) is 2. The zero-order chi connectivity index (χ0) is 17.8. The summed E-state index contributed by atoms with van der Waals surface area (Å²) in [5.74, 6) is -1.01. The number of methoxy groups -OCH3 is 1. The predicted octanol–water partition coefficient (Wildman–Crippen LogP) is 3.68. The number of hydrogen-bond donors (Lipinski definition) is 2. The summed E-state index contributed by atoms with van der Waals surface area (Å²) in [5, 5.41) is 4.36. The number of ether oxygens (including phenoxy) is 2. The molecule has 2 aliphatic heterocycles. The van der Waals surface area contributed by atoms with Crippen molar-refractivity contribution in [1.29, 1.82) is 0 Å². The molecule has 0 saturated carbocycles. The van der Waals surface area contributed by atoms with Crippen molar-refractivity contribution in [2.45, 2.75) is 5.92 Å². The van der Waals surface area contributed by atoms with Gasteiger partial charge in [0.25, 0.3) is 0 Å². The number of hydrogen-bond acceptors (Lipinski definition) is 4. The molecule has 5 rings (SSSR count). The van der Waals surface area contributed by atoms with E-state index in [0.717, 1.165) is 33.4 Å². The number of carbonyl (C=O) groups excluding carboxylic acids is 1. The van der Waals surface area contributed by atoms with Gasteiger partial charge in [0.15, 0.2) is 11.6 Å². The third-order valence-electron chi connectivity index (χ3n) is 5.03. The van der Waals surface area contributed by atoms with Crippen LogP contribution in [-0.4, -0.2) is 24.7 Å². The Bertz CT molecular complexity index is 1100. The molecule has 5 nitrogen and oxygen atoms in total. The lowest BCUT2D eigenvalue weighted by atomic mass is 9.80. The molecule has 1 atom stereocenters. The van der Waals surface area contributed by atoms with Gasteiger partial charge < -0.3 is 19.8 Å². The van der Waals surface area contributed by atoms with Gasteiger partial charge in [0.05, 0.1) is 23.9 Å². The maximum atomic E-state index is 13.9. The fourth-order valence-electron chi connectivity index (χ4n) is 3.87. The van der Waals surface area contributed by atoms with Gasteiger partial charge in [0.2, 0.25) is 0 Å². The molecule has 3 aromatic rings. The van der Waals surface area contributed by atoms with Crippen LogP contribution in [0.15, 0.2) is 53.9 Å². The van der Waals surface area contributed by atoms with Crippen molar-refractivity contribution < 1.29 is 18.7 Å². The van der Waals surface area contributed by atoms with Crippen LogP contribution in [0.2, 0.25) is 0 Å². The molecule has 2 aliphatic rings. The Balaban J connectivity index is 1.81. The van der Waals surface area contributed by atoms with Crippen LogP contribution in [0.3, 0.4) is 0 Å². The summed E-state index contributed by atoms with van der Waals surface area (Å²) >= 11 is 0. The largest absolute Gasteiger partial charge is 0.494 e. The predicted molar refractivity (Wildman–Crippen MR) is 94.7 cm³/mol. The van der Waals surface area contributed by atoms with E-state index in [2.05, 4.69) is 10.3 Å². The number of H-pyrrole nitrogens is 1. The monoisotopic (exact) mass is 350 g/mol. The second-order valence-corrected chi connectivity index (χ2v) is 6.39. The molecule has 130 valence electrons. The molecule has 0 amide bonds. The lowest BCUT2D eigenvalue weighted by Gasteiger charge is -2.28. The van der Waals surface area contributed by atoms with Crippen molar-refractivity contribution in [2.75, 3.05) is 19.0 Å². The van der Waals surface area contributed by atoms with Crippen LogP contribution in [0.5, 0.6) is 5.75 Å². The highest BCUT2D eigenvalue weighted by atomic mass is 19.1. The first-order valence-corrected chi connectivity index (χ1v) is 8.28. The van der Waals surface area contributed by atoms with Gasteiger partial charge >= 0.3 is 5.97 Å². The third kappa shape index (κ3) is 1.98. The van der Waals surface area contributed by atoms with E-state index in [1.807, 2.05) is 24.4 Å². The number of esters is 1. The van der Waals surface area contributed by atoms with E-state index in [4.69, 9.17) is 9.47 Å². The van der Waals surface area contributed by atoms with Gasteiger partial charge in [-0.25, -0.2) is 9.18 Å². The summed E-state index contributed by atoms with van der Waals surface area (Å²) in [7, 11) is 1.43. The topological polar surface area (TPSA) is 63.4 Å². The van der Waals surface area contributed by atoms with E-state index in [1.54, 1.807) is 12.1 Å². The van der Waals surface area contributed by atoms with Crippen LogP contribution in [0.25, 0.3) is 10.9 Å². The molecule has 1 unspecified atom stereocenters. The number of aromatic nitrogens is 1. The zero-order valence-corrected chi connectivity index (χ0v) is 13.9. The second kappa shape index (κ2) is 5.36. The number of cyclic esters (lactones) is 1. The van der Waals surface area contributed by atoms with Gasteiger partial charge in [-0.2, -0.15) is 0 Å². The van der Waals surface area contributed by atoms with Gasteiger partial charge in [-0.05, 0) is 35.2 Å². The summed E-state index contributed by atoms with van der Waals surface area (Å²) < 4.78 is 24.3. The number of fused-ring (bicyclic) bond motifs is 3. The molecule has 26 heavy (non-hydrogen) atoms. The Morgan fingerprint density at radius 2 is 2.12 bits per heavy atom.